The number of aromatic hydroxyl groups is 1. The molecule has 0 amide bonds. The predicted molar refractivity (Wildman–Crippen MR) is 98.5 cm³/mol. The predicted octanol–water partition coefficient (Wildman–Crippen LogP) is 4.41. The summed E-state index contributed by atoms with van der Waals surface area (Å²) in [6, 6.07) is 5.55. The maximum absolute atomic E-state index is 13.3. The number of carbonyl (C=O) groups is 2. The van der Waals surface area contributed by atoms with Crippen molar-refractivity contribution in [3.63, 3.8) is 0 Å². The first kappa shape index (κ1) is 17.4. The summed E-state index contributed by atoms with van der Waals surface area (Å²) in [5.74, 6) is -0.573. The van der Waals surface area contributed by atoms with E-state index >= 15 is 0 Å². The Morgan fingerprint density at radius 2 is 1.88 bits per heavy atom. The van der Waals surface area contributed by atoms with Gasteiger partial charge < -0.3 is 5.11 Å². The lowest BCUT2D eigenvalue weighted by Crippen LogP contribution is -2.50. The third-order valence-corrected chi connectivity index (χ3v) is 6.14. The number of para-hydroxylation sites is 1. The lowest BCUT2D eigenvalue weighted by molar-refractivity contribution is -0.138. The SMILES string of the molecule is C=CC1=CCC2C(=O)C(C)=C(C)C(=O)C2(C)C1c1cccc(C)c1O. The fourth-order valence-corrected chi connectivity index (χ4v) is 4.47. The van der Waals surface area contributed by atoms with Gasteiger partial charge in [-0.2, -0.15) is 0 Å². The molecular formula is C22H24O3. The summed E-state index contributed by atoms with van der Waals surface area (Å²) in [4.78, 5) is 26.2. The van der Waals surface area contributed by atoms with E-state index < -0.39 is 11.3 Å². The zero-order chi connectivity index (χ0) is 18.5. The van der Waals surface area contributed by atoms with Crippen LogP contribution in [0.4, 0.5) is 0 Å². The zero-order valence-electron chi connectivity index (χ0n) is 15.2. The summed E-state index contributed by atoms with van der Waals surface area (Å²) in [6.07, 6.45) is 4.26. The van der Waals surface area contributed by atoms with Gasteiger partial charge in [0, 0.05) is 17.4 Å². The fourth-order valence-electron chi connectivity index (χ4n) is 4.47. The summed E-state index contributed by atoms with van der Waals surface area (Å²) in [7, 11) is 0. The number of carbonyl (C=O) groups excluding carboxylic acids is 2. The highest BCUT2D eigenvalue weighted by atomic mass is 16.3. The first-order chi connectivity index (χ1) is 11.7. The van der Waals surface area contributed by atoms with Crippen molar-refractivity contribution in [2.24, 2.45) is 11.3 Å². The normalized spacial score (nSPS) is 29.4. The standard InChI is InChI=1S/C22H24O3/c1-6-15-10-11-17-20(24)13(3)14(4)21(25)22(17,5)18(15)16-9-7-8-12(2)19(16)23/h6-10,17-18,23H,1,11H2,2-5H3. The molecule has 1 aromatic rings. The molecule has 0 heterocycles. The highest BCUT2D eigenvalue weighted by molar-refractivity contribution is 6.15. The molecule has 0 fully saturated rings. The Bertz CT molecular complexity index is 856. The van der Waals surface area contributed by atoms with Gasteiger partial charge in [-0.3, -0.25) is 9.59 Å². The van der Waals surface area contributed by atoms with Crippen LogP contribution in [-0.4, -0.2) is 16.7 Å². The van der Waals surface area contributed by atoms with Crippen molar-refractivity contribution in [3.8, 4) is 5.75 Å². The molecule has 0 saturated heterocycles. The van der Waals surface area contributed by atoms with Gasteiger partial charge in [0.25, 0.3) is 0 Å². The molecule has 1 N–H and O–H groups in total. The molecule has 3 rings (SSSR count). The van der Waals surface area contributed by atoms with Crippen molar-refractivity contribution in [1.82, 2.24) is 0 Å². The van der Waals surface area contributed by atoms with Crippen LogP contribution >= 0.6 is 0 Å². The van der Waals surface area contributed by atoms with Crippen LogP contribution in [-0.2, 0) is 9.59 Å². The van der Waals surface area contributed by atoms with Gasteiger partial charge in [-0.05, 0) is 49.5 Å². The minimum absolute atomic E-state index is 0.00652. The molecule has 2 aliphatic rings. The minimum Gasteiger partial charge on any atom is -0.507 e. The highest BCUT2D eigenvalue weighted by Gasteiger charge is 2.56. The Labute approximate surface area is 148 Å². The molecule has 3 nitrogen and oxygen atoms in total. The van der Waals surface area contributed by atoms with Crippen LogP contribution in [0.5, 0.6) is 5.75 Å². The first-order valence-corrected chi connectivity index (χ1v) is 8.62. The molecule has 130 valence electrons. The topological polar surface area (TPSA) is 54.4 Å². The maximum Gasteiger partial charge on any atom is 0.166 e. The molecule has 1 aromatic carbocycles. The van der Waals surface area contributed by atoms with E-state index in [0.717, 1.165) is 11.1 Å². The van der Waals surface area contributed by atoms with Gasteiger partial charge in [0.05, 0.1) is 5.41 Å². The average molecular weight is 336 g/mol. The Kier molecular flexibility index (Phi) is 4.06. The number of benzene rings is 1. The average Bonchev–Trinajstić information content (AvgIpc) is 2.60. The highest BCUT2D eigenvalue weighted by Crippen LogP contribution is 2.57. The molecule has 0 aromatic heterocycles. The molecule has 3 heteroatoms. The second-order valence-electron chi connectivity index (χ2n) is 7.37. The number of phenolic OH excluding ortho intramolecular Hbond substituents is 1. The lowest BCUT2D eigenvalue weighted by Gasteiger charge is -2.48. The van der Waals surface area contributed by atoms with Crippen LogP contribution in [0.2, 0.25) is 0 Å². The molecule has 0 bridgehead atoms. The molecule has 3 atom stereocenters. The summed E-state index contributed by atoms with van der Waals surface area (Å²) < 4.78 is 0. The van der Waals surface area contributed by atoms with E-state index in [4.69, 9.17) is 0 Å². The Morgan fingerprint density at radius 3 is 2.52 bits per heavy atom. The number of phenols is 1. The number of ketones is 2. The summed E-state index contributed by atoms with van der Waals surface area (Å²) in [5, 5.41) is 10.7. The summed E-state index contributed by atoms with van der Waals surface area (Å²) >= 11 is 0. The van der Waals surface area contributed by atoms with Crippen LogP contribution < -0.4 is 0 Å². The van der Waals surface area contributed by atoms with Crippen molar-refractivity contribution < 1.29 is 14.7 Å². The van der Waals surface area contributed by atoms with E-state index in [1.54, 1.807) is 19.9 Å². The first-order valence-electron chi connectivity index (χ1n) is 8.62. The zero-order valence-corrected chi connectivity index (χ0v) is 15.2. The fraction of sp³-hybridized carbons (Fsp3) is 0.364. The van der Waals surface area contributed by atoms with Crippen LogP contribution in [0.25, 0.3) is 0 Å². The van der Waals surface area contributed by atoms with E-state index in [9.17, 15) is 14.7 Å². The van der Waals surface area contributed by atoms with Crippen LogP contribution in [0.1, 0.15) is 44.2 Å². The molecule has 25 heavy (non-hydrogen) atoms. The largest absolute Gasteiger partial charge is 0.507 e. The third kappa shape index (κ3) is 2.25. The summed E-state index contributed by atoms with van der Waals surface area (Å²) in [6.45, 7) is 11.1. The Hall–Kier alpha value is -2.42. The molecule has 0 aliphatic heterocycles. The smallest absolute Gasteiger partial charge is 0.166 e. The Morgan fingerprint density at radius 1 is 1.20 bits per heavy atom. The Balaban J connectivity index is 2.31. The second kappa shape index (κ2) is 5.83. The van der Waals surface area contributed by atoms with Crippen molar-refractivity contribution in [2.75, 3.05) is 0 Å². The molecule has 2 aliphatic carbocycles. The molecule has 0 radical (unpaired) electrons. The van der Waals surface area contributed by atoms with E-state index in [1.807, 2.05) is 38.1 Å². The number of allylic oxidation sites excluding steroid dienone is 5. The van der Waals surface area contributed by atoms with Gasteiger partial charge >= 0.3 is 0 Å². The van der Waals surface area contributed by atoms with Gasteiger partial charge in [0.15, 0.2) is 11.6 Å². The van der Waals surface area contributed by atoms with Crippen LogP contribution in [0.15, 0.2) is 53.6 Å². The lowest BCUT2D eigenvalue weighted by atomic mass is 9.52. The number of rotatable bonds is 2. The minimum atomic E-state index is -0.912. The second-order valence-corrected chi connectivity index (χ2v) is 7.37. The monoisotopic (exact) mass is 336 g/mol. The van der Waals surface area contributed by atoms with Crippen molar-refractivity contribution >= 4 is 11.6 Å². The van der Waals surface area contributed by atoms with Crippen molar-refractivity contribution in [1.29, 1.82) is 0 Å². The van der Waals surface area contributed by atoms with Gasteiger partial charge in [0.1, 0.15) is 5.75 Å². The van der Waals surface area contributed by atoms with Crippen molar-refractivity contribution in [3.05, 3.63) is 64.8 Å². The third-order valence-electron chi connectivity index (χ3n) is 6.14. The van der Waals surface area contributed by atoms with E-state index in [0.29, 0.717) is 23.1 Å². The molecule has 3 unspecified atom stereocenters. The van der Waals surface area contributed by atoms with Gasteiger partial charge in [-0.1, -0.05) is 43.9 Å². The van der Waals surface area contributed by atoms with Gasteiger partial charge in [-0.25, -0.2) is 0 Å². The number of aryl methyl sites for hydroxylation is 1. The molecular weight excluding hydrogens is 312 g/mol. The maximum atomic E-state index is 13.3. The quantitative estimate of drug-likeness (QED) is 0.870. The number of fused-ring (bicyclic) bond motifs is 1. The van der Waals surface area contributed by atoms with Crippen LogP contribution in [0, 0.1) is 18.3 Å². The van der Waals surface area contributed by atoms with Gasteiger partial charge in [0.2, 0.25) is 0 Å². The molecule has 0 spiro atoms. The van der Waals surface area contributed by atoms with Crippen molar-refractivity contribution in [2.45, 2.75) is 40.0 Å². The van der Waals surface area contributed by atoms with Crippen LogP contribution in [0.3, 0.4) is 0 Å². The molecule has 0 saturated carbocycles. The number of Topliss-reactive ketones (excluding diaryl/α,β-unsaturated/α-hetero) is 2. The van der Waals surface area contributed by atoms with E-state index in [1.165, 1.54) is 0 Å². The summed E-state index contributed by atoms with van der Waals surface area (Å²) in [5.41, 5.74) is 2.52. The van der Waals surface area contributed by atoms with E-state index in [-0.39, 0.29) is 23.2 Å². The van der Waals surface area contributed by atoms with E-state index in [2.05, 4.69) is 6.58 Å². The number of hydrogen-bond donors (Lipinski definition) is 1. The number of hydrogen-bond acceptors (Lipinski definition) is 3. The van der Waals surface area contributed by atoms with Gasteiger partial charge in [-0.15, -0.1) is 0 Å².